The molecule has 1 rings (SSSR count). The average Bonchev–Trinajstić information content (AvgIpc) is 2.29. The number of hydrogen-bond donors (Lipinski definition) is 2. The van der Waals surface area contributed by atoms with Crippen molar-refractivity contribution in [3.05, 3.63) is 0 Å². The first kappa shape index (κ1) is 13.9. The van der Waals surface area contributed by atoms with Crippen LogP contribution in [0.5, 0.6) is 0 Å². The molecule has 6 nitrogen and oxygen atoms in total. The molecule has 2 N–H and O–H groups in total. The number of aliphatic carboxylic acids is 1. The molecule has 98 valence electrons. The SMILES string of the molecule is COC(C)C(C)N1CCNC(=O)C1CC(=O)O. The Labute approximate surface area is 101 Å². The van der Waals surface area contributed by atoms with Crippen molar-refractivity contribution >= 4 is 11.9 Å². The third-order valence-corrected chi connectivity index (χ3v) is 3.31. The highest BCUT2D eigenvalue weighted by Crippen LogP contribution is 2.16. The molecule has 1 aliphatic heterocycles. The van der Waals surface area contributed by atoms with Gasteiger partial charge in [-0.25, -0.2) is 0 Å². The number of carbonyl (C=O) groups is 2. The maximum atomic E-state index is 11.7. The summed E-state index contributed by atoms with van der Waals surface area (Å²) in [5, 5.41) is 11.5. The third kappa shape index (κ3) is 3.41. The molecule has 3 unspecified atom stereocenters. The summed E-state index contributed by atoms with van der Waals surface area (Å²) in [6.45, 7) is 5.06. The number of methoxy groups -OCH3 is 1. The molecule has 0 bridgehead atoms. The van der Waals surface area contributed by atoms with Gasteiger partial charge in [-0.2, -0.15) is 0 Å². The van der Waals surface area contributed by atoms with Crippen molar-refractivity contribution in [2.24, 2.45) is 0 Å². The van der Waals surface area contributed by atoms with Crippen LogP contribution >= 0.6 is 0 Å². The summed E-state index contributed by atoms with van der Waals surface area (Å²) in [6.07, 6.45) is -0.218. The standard InChI is InChI=1S/C11H20N2O4/c1-7(8(2)17-3)13-5-4-12-11(16)9(13)6-10(14)15/h7-9H,4-6H2,1-3H3,(H,12,16)(H,14,15). The van der Waals surface area contributed by atoms with Gasteiger partial charge in [-0.1, -0.05) is 0 Å². The minimum Gasteiger partial charge on any atom is -0.481 e. The van der Waals surface area contributed by atoms with Crippen molar-refractivity contribution in [2.45, 2.75) is 38.5 Å². The Bertz CT molecular complexity index is 295. The summed E-state index contributed by atoms with van der Waals surface area (Å²) in [5.74, 6) is -1.18. The molecule has 0 aromatic heterocycles. The lowest BCUT2D eigenvalue weighted by atomic mass is 10.0. The Balaban J connectivity index is 2.78. The number of carboxylic acid groups (broad SMARTS) is 1. The van der Waals surface area contributed by atoms with Gasteiger partial charge in [0.1, 0.15) is 6.04 Å². The zero-order valence-electron chi connectivity index (χ0n) is 10.5. The minimum atomic E-state index is -0.964. The van der Waals surface area contributed by atoms with E-state index < -0.39 is 12.0 Å². The van der Waals surface area contributed by atoms with E-state index in [0.717, 1.165) is 0 Å². The normalized spacial score (nSPS) is 25.1. The molecule has 0 radical (unpaired) electrons. The van der Waals surface area contributed by atoms with Crippen molar-refractivity contribution in [1.29, 1.82) is 0 Å². The van der Waals surface area contributed by atoms with Crippen LogP contribution in [0.4, 0.5) is 0 Å². The number of hydrogen-bond acceptors (Lipinski definition) is 4. The van der Waals surface area contributed by atoms with Gasteiger partial charge in [-0.15, -0.1) is 0 Å². The molecule has 3 atom stereocenters. The Kier molecular flexibility index (Phi) is 4.89. The zero-order valence-corrected chi connectivity index (χ0v) is 10.5. The van der Waals surface area contributed by atoms with E-state index in [9.17, 15) is 9.59 Å². The first-order valence-electron chi connectivity index (χ1n) is 5.75. The van der Waals surface area contributed by atoms with Crippen LogP contribution in [-0.4, -0.2) is 60.3 Å². The van der Waals surface area contributed by atoms with Crippen LogP contribution in [0.25, 0.3) is 0 Å². The summed E-state index contributed by atoms with van der Waals surface area (Å²) >= 11 is 0. The van der Waals surface area contributed by atoms with E-state index in [1.54, 1.807) is 7.11 Å². The molecule has 0 aromatic carbocycles. The van der Waals surface area contributed by atoms with Crippen LogP contribution in [-0.2, 0) is 14.3 Å². The van der Waals surface area contributed by atoms with Crippen LogP contribution in [0.2, 0.25) is 0 Å². The number of ether oxygens (including phenoxy) is 1. The van der Waals surface area contributed by atoms with Gasteiger partial charge in [0.05, 0.1) is 12.5 Å². The molecule has 17 heavy (non-hydrogen) atoms. The maximum Gasteiger partial charge on any atom is 0.305 e. The molecule has 1 aliphatic rings. The second kappa shape index (κ2) is 5.97. The van der Waals surface area contributed by atoms with E-state index in [2.05, 4.69) is 5.32 Å². The molecule has 0 aromatic rings. The quantitative estimate of drug-likeness (QED) is 0.693. The van der Waals surface area contributed by atoms with Crippen molar-refractivity contribution < 1.29 is 19.4 Å². The van der Waals surface area contributed by atoms with Crippen LogP contribution in [0.3, 0.4) is 0 Å². The van der Waals surface area contributed by atoms with Crippen LogP contribution in [0.15, 0.2) is 0 Å². The number of nitrogens with zero attached hydrogens (tertiary/aromatic N) is 1. The van der Waals surface area contributed by atoms with Crippen molar-refractivity contribution in [2.75, 3.05) is 20.2 Å². The molecule has 6 heteroatoms. The summed E-state index contributed by atoms with van der Waals surface area (Å²) in [7, 11) is 1.61. The van der Waals surface area contributed by atoms with E-state index in [4.69, 9.17) is 9.84 Å². The molecule has 0 spiro atoms. The van der Waals surface area contributed by atoms with E-state index in [1.165, 1.54) is 0 Å². The van der Waals surface area contributed by atoms with E-state index >= 15 is 0 Å². The van der Waals surface area contributed by atoms with Crippen molar-refractivity contribution in [1.82, 2.24) is 10.2 Å². The Morgan fingerprint density at radius 3 is 2.82 bits per heavy atom. The molecule has 0 aliphatic carbocycles. The molecular formula is C11H20N2O4. The van der Waals surface area contributed by atoms with Gasteiger partial charge in [0.2, 0.25) is 5.91 Å². The first-order chi connectivity index (χ1) is 7.97. The fourth-order valence-electron chi connectivity index (χ4n) is 2.06. The van der Waals surface area contributed by atoms with Crippen molar-refractivity contribution in [3.63, 3.8) is 0 Å². The topological polar surface area (TPSA) is 78.9 Å². The highest BCUT2D eigenvalue weighted by molar-refractivity contribution is 5.86. The molecular weight excluding hydrogens is 224 g/mol. The second-order valence-corrected chi connectivity index (χ2v) is 4.32. The second-order valence-electron chi connectivity index (χ2n) is 4.32. The Morgan fingerprint density at radius 2 is 2.29 bits per heavy atom. The highest BCUT2D eigenvalue weighted by atomic mass is 16.5. The number of rotatable bonds is 5. The largest absolute Gasteiger partial charge is 0.481 e. The molecule has 1 saturated heterocycles. The molecule has 1 heterocycles. The van der Waals surface area contributed by atoms with Gasteiger partial charge in [-0.05, 0) is 13.8 Å². The number of nitrogens with one attached hydrogen (secondary N) is 1. The van der Waals surface area contributed by atoms with Gasteiger partial charge in [0, 0.05) is 26.2 Å². The van der Waals surface area contributed by atoms with E-state index in [0.29, 0.717) is 13.1 Å². The van der Waals surface area contributed by atoms with E-state index in [-0.39, 0.29) is 24.5 Å². The van der Waals surface area contributed by atoms with Gasteiger partial charge in [0.25, 0.3) is 0 Å². The monoisotopic (exact) mass is 244 g/mol. The number of carbonyl (C=O) groups excluding carboxylic acids is 1. The zero-order chi connectivity index (χ0) is 13.0. The lowest BCUT2D eigenvalue weighted by Crippen LogP contribution is -2.60. The maximum absolute atomic E-state index is 11.7. The summed E-state index contributed by atoms with van der Waals surface area (Å²) in [6, 6.07) is -0.593. The summed E-state index contributed by atoms with van der Waals surface area (Å²) in [4.78, 5) is 24.4. The fourth-order valence-corrected chi connectivity index (χ4v) is 2.06. The minimum absolute atomic E-state index is 0.00963. The molecule has 1 amide bonds. The Morgan fingerprint density at radius 1 is 1.65 bits per heavy atom. The van der Waals surface area contributed by atoms with Crippen molar-refractivity contribution in [3.8, 4) is 0 Å². The number of piperazine rings is 1. The Hall–Kier alpha value is -1.14. The smallest absolute Gasteiger partial charge is 0.305 e. The van der Waals surface area contributed by atoms with Gasteiger partial charge in [-0.3, -0.25) is 14.5 Å². The van der Waals surface area contributed by atoms with Gasteiger partial charge in [0.15, 0.2) is 0 Å². The van der Waals surface area contributed by atoms with Crippen LogP contribution in [0.1, 0.15) is 20.3 Å². The summed E-state index contributed by atoms with van der Waals surface area (Å²) in [5.41, 5.74) is 0. The predicted molar refractivity (Wildman–Crippen MR) is 61.7 cm³/mol. The predicted octanol–water partition coefficient (Wildman–Crippen LogP) is -0.315. The van der Waals surface area contributed by atoms with Crippen LogP contribution in [0, 0.1) is 0 Å². The van der Waals surface area contributed by atoms with Gasteiger partial charge >= 0.3 is 5.97 Å². The fraction of sp³-hybridized carbons (Fsp3) is 0.818. The van der Waals surface area contributed by atoms with Crippen LogP contribution < -0.4 is 5.32 Å². The highest BCUT2D eigenvalue weighted by Gasteiger charge is 2.35. The average molecular weight is 244 g/mol. The van der Waals surface area contributed by atoms with Gasteiger partial charge < -0.3 is 15.2 Å². The molecule has 0 saturated carbocycles. The first-order valence-corrected chi connectivity index (χ1v) is 5.75. The lowest BCUT2D eigenvalue weighted by Gasteiger charge is -2.40. The summed E-state index contributed by atoms with van der Waals surface area (Å²) < 4.78 is 5.23. The van der Waals surface area contributed by atoms with E-state index in [1.807, 2.05) is 18.7 Å². The lowest BCUT2D eigenvalue weighted by molar-refractivity contribution is -0.144. The molecule has 1 fully saturated rings. The number of amides is 1. The third-order valence-electron chi connectivity index (χ3n) is 3.31. The number of carboxylic acids is 1.